The first-order valence-electron chi connectivity index (χ1n) is 6.14. The summed E-state index contributed by atoms with van der Waals surface area (Å²) >= 11 is 0. The van der Waals surface area contributed by atoms with Crippen molar-refractivity contribution < 1.29 is 4.79 Å². The molecule has 0 fully saturated rings. The zero-order valence-electron chi connectivity index (χ0n) is 11.2. The van der Waals surface area contributed by atoms with Gasteiger partial charge in [-0.25, -0.2) is 0 Å². The smallest absolute Gasteiger partial charge is 0.238 e. The van der Waals surface area contributed by atoms with Crippen molar-refractivity contribution in [2.75, 3.05) is 18.9 Å². The SMILES string of the molecule is CN(CC(=O)Nc1ccccc1)Cc1cnn(C)c1. The number of hydrogen-bond acceptors (Lipinski definition) is 3. The highest BCUT2D eigenvalue weighted by molar-refractivity contribution is 5.92. The first-order valence-corrected chi connectivity index (χ1v) is 6.14. The second kappa shape index (κ2) is 6.15. The Morgan fingerprint density at radius 3 is 2.74 bits per heavy atom. The van der Waals surface area contributed by atoms with Crippen LogP contribution in [0.3, 0.4) is 0 Å². The first-order chi connectivity index (χ1) is 9.13. The number of nitrogens with zero attached hydrogens (tertiary/aromatic N) is 3. The molecule has 1 N–H and O–H groups in total. The van der Waals surface area contributed by atoms with Crippen molar-refractivity contribution in [2.45, 2.75) is 6.54 Å². The number of amides is 1. The van der Waals surface area contributed by atoms with Crippen molar-refractivity contribution in [3.8, 4) is 0 Å². The van der Waals surface area contributed by atoms with Gasteiger partial charge in [0.1, 0.15) is 0 Å². The second-order valence-corrected chi connectivity index (χ2v) is 4.61. The second-order valence-electron chi connectivity index (χ2n) is 4.61. The zero-order valence-corrected chi connectivity index (χ0v) is 11.2. The van der Waals surface area contributed by atoms with Gasteiger partial charge >= 0.3 is 0 Å². The molecule has 2 rings (SSSR count). The third kappa shape index (κ3) is 4.22. The number of nitrogens with one attached hydrogen (secondary N) is 1. The molecule has 0 bridgehead atoms. The predicted octanol–water partition coefficient (Wildman–Crippen LogP) is 1.49. The normalized spacial score (nSPS) is 10.7. The Bertz CT molecular complexity index is 535. The molecule has 100 valence electrons. The molecular formula is C14H18N4O. The Hall–Kier alpha value is -2.14. The Balaban J connectivity index is 1.82. The van der Waals surface area contributed by atoms with E-state index in [4.69, 9.17) is 0 Å². The van der Waals surface area contributed by atoms with Crippen LogP contribution in [0.5, 0.6) is 0 Å². The van der Waals surface area contributed by atoms with Crippen LogP contribution >= 0.6 is 0 Å². The van der Waals surface area contributed by atoms with Gasteiger partial charge in [0.05, 0.1) is 12.7 Å². The van der Waals surface area contributed by atoms with Crippen LogP contribution in [0, 0.1) is 0 Å². The highest BCUT2D eigenvalue weighted by Crippen LogP contribution is 2.05. The molecule has 0 atom stereocenters. The summed E-state index contributed by atoms with van der Waals surface area (Å²) in [7, 11) is 3.79. The molecule has 1 heterocycles. The molecule has 0 aliphatic heterocycles. The summed E-state index contributed by atoms with van der Waals surface area (Å²) in [5.41, 5.74) is 1.92. The molecule has 2 aromatic rings. The van der Waals surface area contributed by atoms with Crippen molar-refractivity contribution in [2.24, 2.45) is 7.05 Å². The summed E-state index contributed by atoms with van der Waals surface area (Å²) in [5, 5.41) is 6.97. The lowest BCUT2D eigenvalue weighted by Crippen LogP contribution is -2.29. The minimum Gasteiger partial charge on any atom is -0.325 e. The van der Waals surface area contributed by atoms with Crippen LogP contribution in [0.1, 0.15) is 5.56 Å². The maximum absolute atomic E-state index is 11.8. The van der Waals surface area contributed by atoms with Crippen LogP contribution in [-0.2, 0) is 18.4 Å². The van der Waals surface area contributed by atoms with Gasteiger partial charge in [-0.05, 0) is 19.2 Å². The molecule has 0 aliphatic rings. The van der Waals surface area contributed by atoms with Crippen molar-refractivity contribution >= 4 is 11.6 Å². The Morgan fingerprint density at radius 1 is 1.37 bits per heavy atom. The first kappa shape index (κ1) is 13.3. The minimum atomic E-state index is -0.0161. The van der Waals surface area contributed by atoms with Crippen LogP contribution in [0.25, 0.3) is 0 Å². The molecule has 1 aromatic carbocycles. The van der Waals surface area contributed by atoms with E-state index >= 15 is 0 Å². The molecule has 0 spiro atoms. The van der Waals surface area contributed by atoms with E-state index < -0.39 is 0 Å². The van der Waals surface area contributed by atoms with Crippen molar-refractivity contribution in [3.05, 3.63) is 48.3 Å². The third-order valence-corrected chi connectivity index (χ3v) is 2.68. The van der Waals surface area contributed by atoms with Gasteiger partial charge in [0.15, 0.2) is 0 Å². The summed E-state index contributed by atoms with van der Waals surface area (Å²) in [5.74, 6) is -0.0161. The number of aromatic nitrogens is 2. The van der Waals surface area contributed by atoms with Gasteiger partial charge in [-0.3, -0.25) is 14.4 Å². The summed E-state index contributed by atoms with van der Waals surface area (Å²) in [6.45, 7) is 1.06. The number of anilines is 1. The van der Waals surface area contributed by atoms with Gasteiger partial charge in [-0.2, -0.15) is 5.10 Å². The number of rotatable bonds is 5. The number of hydrogen-bond donors (Lipinski definition) is 1. The summed E-state index contributed by atoms with van der Waals surface area (Å²) in [6.07, 6.45) is 3.76. The van der Waals surface area contributed by atoms with Crippen LogP contribution in [0.2, 0.25) is 0 Å². The fraction of sp³-hybridized carbons (Fsp3) is 0.286. The van der Waals surface area contributed by atoms with Crippen molar-refractivity contribution in [1.82, 2.24) is 14.7 Å². The molecule has 1 amide bonds. The van der Waals surface area contributed by atoms with E-state index in [1.807, 2.05) is 61.7 Å². The lowest BCUT2D eigenvalue weighted by molar-refractivity contribution is -0.117. The fourth-order valence-corrected chi connectivity index (χ4v) is 1.89. The van der Waals surface area contributed by atoms with Crippen molar-refractivity contribution in [3.63, 3.8) is 0 Å². The van der Waals surface area contributed by atoms with Gasteiger partial charge in [-0.15, -0.1) is 0 Å². The maximum Gasteiger partial charge on any atom is 0.238 e. The Kier molecular flexibility index (Phi) is 4.30. The minimum absolute atomic E-state index is 0.0161. The van der Waals surface area contributed by atoms with E-state index in [1.54, 1.807) is 4.68 Å². The van der Waals surface area contributed by atoms with E-state index in [2.05, 4.69) is 10.4 Å². The summed E-state index contributed by atoms with van der Waals surface area (Å²) in [6, 6.07) is 9.46. The largest absolute Gasteiger partial charge is 0.325 e. The van der Waals surface area contributed by atoms with E-state index in [9.17, 15) is 4.79 Å². The number of likely N-dealkylation sites (N-methyl/N-ethyl adjacent to an activating group) is 1. The molecule has 1 aromatic heterocycles. The molecule has 0 radical (unpaired) electrons. The lowest BCUT2D eigenvalue weighted by Gasteiger charge is -2.15. The van der Waals surface area contributed by atoms with Gasteiger partial charge in [0, 0.05) is 31.0 Å². The molecule has 0 unspecified atom stereocenters. The molecule has 5 heteroatoms. The molecule has 5 nitrogen and oxygen atoms in total. The zero-order chi connectivity index (χ0) is 13.7. The van der Waals surface area contributed by atoms with Gasteiger partial charge in [0.25, 0.3) is 0 Å². The number of benzene rings is 1. The van der Waals surface area contributed by atoms with Crippen molar-refractivity contribution in [1.29, 1.82) is 0 Å². The summed E-state index contributed by atoms with van der Waals surface area (Å²) < 4.78 is 1.76. The highest BCUT2D eigenvalue weighted by Gasteiger charge is 2.08. The van der Waals surface area contributed by atoms with E-state index in [-0.39, 0.29) is 5.91 Å². The predicted molar refractivity (Wildman–Crippen MR) is 74.6 cm³/mol. The fourth-order valence-electron chi connectivity index (χ4n) is 1.89. The van der Waals surface area contributed by atoms with Crippen LogP contribution < -0.4 is 5.32 Å². The van der Waals surface area contributed by atoms with Gasteiger partial charge < -0.3 is 5.32 Å². The van der Waals surface area contributed by atoms with E-state index in [1.165, 1.54) is 0 Å². The van der Waals surface area contributed by atoms with Crippen LogP contribution in [0.15, 0.2) is 42.7 Å². The van der Waals surface area contributed by atoms with E-state index in [0.29, 0.717) is 13.1 Å². The van der Waals surface area contributed by atoms with Crippen LogP contribution in [-0.4, -0.2) is 34.2 Å². The number of carbonyl (C=O) groups is 1. The van der Waals surface area contributed by atoms with E-state index in [0.717, 1.165) is 11.3 Å². The molecule has 19 heavy (non-hydrogen) atoms. The van der Waals surface area contributed by atoms with Gasteiger partial charge in [-0.1, -0.05) is 18.2 Å². The number of aryl methyl sites for hydroxylation is 1. The quantitative estimate of drug-likeness (QED) is 0.884. The summed E-state index contributed by atoms with van der Waals surface area (Å²) in [4.78, 5) is 13.8. The third-order valence-electron chi connectivity index (χ3n) is 2.68. The molecule has 0 saturated carbocycles. The average Bonchev–Trinajstić information content (AvgIpc) is 2.75. The van der Waals surface area contributed by atoms with Crippen LogP contribution in [0.4, 0.5) is 5.69 Å². The lowest BCUT2D eigenvalue weighted by atomic mass is 10.3. The monoisotopic (exact) mass is 258 g/mol. The molecule has 0 saturated heterocycles. The number of carbonyl (C=O) groups excluding carboxylic acids is 1. The maximum atomic E-state index is 11.8. The topological polar surface area (TPSA) is 50.2 Å². The molecular weight excluding hydrogens is 240 g/mol. The highest BCUT2D eigenvalue weighted by atomic mass is 16.2. The number of para-hydroxylation sites is 1. The Morgan fingerprint density at radius 2 is 2.11 bits per heavy atom. The average molecular weight is 258 g/mol. The van der Waals surface area contributed by atoms with Gasteiger partial charge in [0.2, 0.25) is 5.91 Å². The Labute approximate surface area is 112 Å². The molecule has 0 aliphatic carbocycles. The standard InChI is InChI=1S/C14H18N4O/c1-17(9-12-8-15-18(2)10-12)11-14(19)16-13-6-4-3-5-7-13/h3-8,10H,9,11H2,1-2H3,(H,16,19).